The van der Waals surface area contributed by atoms with Crippen molar-refractivity contribution in [3.8, 4) is 0 Å². The van der Waals surface area contributed by atoms with E-state index >= 15 is 0 Å². The van der Waals surface area contributed by atoms with Gasteiger partial charge in [0.1, 0.15) is 0 Å². The van der Waals surface area contributed by atoms with Crippen molar-refractivity contribution < 1.29 is 0 Å². The molecule has 2 aromatic carbocycles. The smallest absolute Gasteiger partial charge is 0.00120 e. The van der Waals surface area contributed by atoms with E-state index in [0.29, 0.717) is 0 Å². The number of rotatable bonds is 4. The van der Waals surface area contributed by atoms with Gasteiger partial charge in [-0.25, -0.2) is 0 Å². The van der Waals surface area contributed by atoms with Crippen LogP contribution in [-0.4, -0.2) is 6.16 Å². The van der Waals surface area contributed by atoms with Crippen LogP contribution < -0.4 is 0 Å². The highest BCUT2D eigenvalue weighted by molar-refractivity contribution is 7.66. The molecule has 0 aromatic heterocycles. The molecule has 0 spiro atoms. The van der Waals surface area contributed by atoms with E-state index in [2.05, 4.69) is 67.6 Å². The van der Waals surface area contributed by atoms with Crippen LogP contribution in [-0.2, 0) is 12.8 Å². The monoisotopic (exact) mass is 304 g/mol. The molecular weight excluding hydrogens is 283 g/mol. The molecule has 0 N–H and O–H groups in total. The summed E-state index contributed by atoms with van der Waals surface area (Å²) < 4.78 is 0. The fraction of sp³-hybridized carbons (Fsp3) is 0.238. The second-order valence-corrected chi connectivity index (χ2v) is 8.63. The van der Waals surface area contributed by atoms with E-state index < -0.39 is 0 Å². The zero-order valence-corrected chi connectivity index (χ0v) is 13.9. The third-order valence-electron chi connectivity index (χ3n) is 4.64. The summed E-state index contributed by atoms with van der Waals surface area (Å²) in [6.45, 7) is 2.32. The summed E-state index contributed by atoms with van der Waals surface area (Å²) in [5.41, 5.74) is 5.91. The normalized spacial score (nSPS) is 15.5. The van der Waals surface area contributed by atoms with Crippen LogP contribution >= 0.6 is 7.92 Å². The van der Waals surface area contributed by atoms with Crippen molar-refractivity contribution >= 4 is 20.1 Å². The molecule has 22 heavy (non-hydrogen) atoms. The minimum absolute atomic E-state index is 0.133. The lowest BCUT2D eigenvalue weighted by Crippen LogP contribution is -1.93. The van der Waals surface area contributed by atoms with Gasteiger partial charge in [-0.1, -0.05) is 81.9 Å². The highest BCUT2D eigenvalue weighted by atomic mass is 31.1. The predicted octanol–water partition coefficient (Wildman–Crippen LogP) is 6.07. The Morgan fingerprint density at radius 2 is 1.27 bits per heavy atom. The number of fused-ring (bicyclic) bond motifs is 2. The fourth-order valence-corrected chi connectivity index (χ4v) is 6.27. The van der Waals surface area contributed by atoms with Crippen LogP contribution in [0.4, 0.5) is 0 Å². The minimum atomic E-state index is -0.133. The molecule has 0 fully saturated rings. The van der Waals surface area contributed by atoms with Gasteiger partial charge in [-0.2, -0.15) is 0 Å². The molecule has 1 heteroatoms. The fourth-order valence-electron chi connectivity index (χ4n) is 3.57. The van der Waals surface area contributed by atoms with Crippen molar-refractivity contribution in [2.45, 2.75) is 26.2 Å². The van der Waals surface area contributed by atoms with Gasteiger partial charge >= 0.3 is 0 Å². The van der Waals surface area contributed by atoms with E-state index in [1.165, 1.54) is 34.8 Å². The first-order chi connectivity index (χ1) is 10.8. The highest BCUT2D eigenvalue weighted by Crippen LogP contribution is 2.59. The van der Waals surface area contributed by atoms with Crippen LogP contribution in [0.3, 0.4) is 0 Å². The van der Waals surface area contributed by atoms with Gasteiger partial charge in [0.05, 0.1) is 0 Å². The van der Waals surface area contributed by atoms with E-state index in [9.17, 15) is 0 Å². The minimum Gasteiger partial charge on any atom is -0.0650 e. The summed E-state index contributed by atoms with van der Waals surface area (Å²) in [5.74, 6) is 0. The van der Waals surface area contributed by atoms with Crippen LogP contribution in [0.2, 0.25) is 0 Å². The molecule has 0 saturated heterocycles. The van der Waals surface area contributed by atoms with Crippen molar-refractivity contribution in [2.24, 2.45) is 0 Å². The van der Waals surface area contributed by atoms with Gasteiger partial charge in [0.15, 0.2) is 0 Å². The SMILES string of the molecule is CCCP(C1=Cc2ccccc2C1)C1=Cc2ccccc2C1. The summed E-state index contributed by atoms with van der Waals surface area (Å²) in [4.78, 5) is 0. The molecule has 0 aliphatic heterocycles. The zero-order chi connectivity index (χ0) is 14.9. The third kappa shape index (κ3) is 2.46. The average molecular weight is 304 g/mol. The lowest BCUT2D eigenvalue weighted by molar-refractivity contribution is 1.09. The first kappa shape index (κ1) is 14.0. The molecule has 0 bridgehead atoms. The summed E-state index contributed by atoms with van der Waals surface area (Å²) in [7, 11) is -0.133. The van der Waals surface area contributed by atoms with E-state index in [1.807, 2.05) is 0 Å². The van der Waals surface area contributed by atoms with Gasteiger partial charge in [-0.15, -0.1) is 0 Å². The Morgan fingerprint density at radius 1 is 0.773 bits per heavy atom. The molecule has 2 aromatic rings. The Kier molecular flexibility index (Phi) is 3.72. The number of hydrogen-bond donors (Lipinski definition) is 0. The molecule has 110 valence electrons. The quantitative estimate of drug-likeness (QED) is 0.601. The third-order valence-corrected chi connectivity index (χ3v) is 7.49. The Labute approximate surface area is 134 Å². The van der Waals surface area contributed by atoms with Crippen molar-refractivity contribution in [3.63, 3.8) is 0 Å². The molecule has 4 rings (SSSR count). The highest BCUT2D eigenvalue weighted by Gasteiger charge is 2.25. The average Bonchev–Trinajstić information content (AvgIpc) is 3.15. The molecule has 2 aliphatic rings. The van der Waals surface area contributed by atoms with Crippen LogP contribution in [0.5, 0.6) is 0 Å². The van der Waals surface area contributed by atoms with Crippen molar-refractivity contribution in [1.29, 1.82) is 0 Å². The summed E-state index contributed by atoms with van der Waals surface area (Å²) in [6, 6.07) is 17.8. The maximum Gasteiger partial charge on any atom is -0.00120 e. The van der Waals surface area contributed by atoms with Gasteiger partial charge < -0.3 is 0 Å². The van der Waals surface area contributed by atoms with Gasteiger partial charge in [0, 0.05) is 0 Å². The molecular formula is C21H21P. The lowest BCUT2D eigenvalue weighted by Gasteiger charge is -2.20. The number of benzene rings is 2. The van der Waals surface area contributed by atoms with E-state index in [4.69, 9.17) is 0 Å². The topological polar surface area (TPSA) is 0 Å². The van der Waals surface area contributed by atoms with Crippen molar-refractivity contribution in [2.75, 3.05) is 6.16 Å². The summed E-state index contributed by atoms with van der Waals surface area (Å²) >= 11 is 0. The maximum atomic E-state index is 2.47. The molecule has 0 heterocycles. The van der Waals surface area contributed by atoms with Crippen molar-refractivity contribution in [1.82, 2.24) is 0 Å². The first-order valence-electron chi connectivity index (χ1n) is 8.19. The molecule has 0 nitrogen and oxygen atoms in total. The van der Waals surface area contributed by atoms with Crippen LogP contribution in [0.15, 0.2) is 59.2 Å². The van der Waals surface area contributed by atoms with Gasteiger partial charge in [0.2, 0.25) is 0 Å². The molecule has 0 atom stereocenters. The Hall–Kier alpha value is -1.65. The summed E-state index contributed by atoms with van der Waals surface area (Å²) in [6.07, 6.45) is 9.87. The van der Waals surface area contributed by atoms with Crippen LogP contribution in [0.1, 0.15) is 35.6 Å². The van der Waals surface area contributed by atoms with E-state index in [-0.39, 0.29) is 7.92 Å². The Balaban J connectivity index is 1.64. The zero-order valence-electron chi connectivity index (χ0n) is 13.0. The Morgan fingerprint density at radius 3 is 1.73 bits per heavy atom. The molecule has 0 saturated carbocycles. The molecule has 0 radical (unpaired) electrons. The predicted molar refractivity (Wildman–Crippen MR) is 98.3 cm³/mol. The van der Waals surface area contributed by atoms with E-state index in [1.54, 1.807) is 10.6 Å². The summed E-state index contributed by atoms with van der Waals surface area (Å²) in [5, 5.41) is 3.36. The largest absolute Gasteiger partial charge is 0.0650 e. The van der Waals surface area contributed by atoms with E-state index in [0.717, 1.165) is 12.8 Å². The van der Waals surface area contributed by atoms with Crippen LogP contribution in [0.25, 0.3) is 12.2 Å². The van der Waals surface area contributed by atoms with Gasteiger partial charge in [0.25, 0.3) is 0 Å². The first-order valence-corrected chi connectivity index (χ1v) is 9.72. The van der Waals surface area contributed by atoms with Gasteiger partial charge in [-0.3, -0.25) is 0 Å². The van der Waals surface area contributed by atoms with Crippen LogP contribution in [0, 0.1) is 0 Å². The molecule has 2 aliphatic carbocycles. The molecule has 0 amide bonds. The number of hydrogen-bond acceptors (Lipinski definition) is 0. The second kappa shape index (κ2) is 5.86. The molecule has 0 unspecified atom stereocenters. The standard InChI is InChI=1S/C21H21P/c1-2-11-22(20-12-16-7-3-4-8-17(16)13-20)21-14-18-9-5-6-10-19(18)15-21/h3-10,12,14H,2,11,13,15H2,1H3. The number of allylic oxidation sites excluding steroid dienone is 2. The van der Waals surface area contributed by atoms with Gasteiger partial charge in [-0.05, 0) is 51.9 Å². The second-order valence-electron chi connectivity index (χ2n) is 6.17. The Bertz CT molecular complexity index is 703. The van der Waals surface area contributed by atoms with Crippen molar-refractivity contribution in [3.05, 3.63) is 81.4 Å². The maximum absolute atomic E-state index is 2.47. The lowest BCUT2D eigenvalue weighted by atomic mass is 10.1.